The van der Waals surface area contributed by atoms with Gasteiger partial charge in [-0.15, -0.1) is 0 Å². The number of hydrogen-bond acceptors (Lipinski definition) is 4. The predicted molar refractivity (Wildman–Crippen MR) is 147 cm³/mol. The minimum absolute atomic E-state index is 0.0155. The normalized spacial score (nSPS) is 26.8. The molecule has 4 aliphatic carbocycles. The number of carbonyl (C=O) groups is 2. The number of nitrogens with zero attached hydrogens (tertiary/aromatic N) is 1. The number of alkyl halides is 2. The van der Waals surface area contributed by atoms with Crippen LogP contribution in [0, 0.1) is 38.0 Å². The summed E-state index contributed by atoms with van der Waals surface area (Å²) in [6.45, 7) is 2.62. The summed E-state index contributed by atoms with van der Waals surface area (Å²) in [5.41, 5.74) is 4.79. The SMILES string of the molecule is Cc1ccc(C23CC4CC(CC(C(=O)OCC(=O)c5cc(C)n(-c6ccc(OC(F)F)cc6)c5C)(C4)C2)C3)cc1. The highest BCUT2D eigenvalue weighted by Crippen LogP contribution is 2.66. The van der Waals surface area contributed by atoms with Gasteiger partial charge in [0, 0.05) is 22.6 Å². The molecule has 7 heteroatoms. The number of halogens is 2. The third kappa shape index (κ3) is 4.63. The topological polar surface area (TPSA) is 57.5 Å². The molecular formula is C33H35F2NO4. The Balaban J connectivity index is 1.17. The molecule has 5 nitrogen and oxygen atoms in total. The third-order valence-corrected chi connectivity index (χ3v) is 9.54. The molecule has 2 aromatic carbocycles. The third-order valence-electron chi connectivity index (χ3n) is 9.54. The van der Waals surface area contributed by atoms with E-state index < -0.39 is 12.0 Å². The van der Waals surface area contributed by atoms with Gasteiger partial charge in [0.05, 0.1) is 5.41 Å². The molecule has 0 N–H and O–H groups in total. The van der Waals surface area contributed by atoms with Gasteiger partial charge < -0.3 is 14.0 Å². The van der Waals surface area contributed by atoms with E-state index in [2.05, 4.69) is 35.9 Å². The van der Waals surface area contributed by atoms with Gasteiger partial charge in [-0.25, -0.2) is 0 Å². The van der Waals surface area contributed by atoms with Gasteiger partial charge in [0.15, 0.2) is 6.61 Å². The van der Waals surface area contributed by atoms with E-state index in [1.165, 1.54) is 29.7 Å². The maximum atomic E-state index is 13.7. The van der Waals surface area contributed by atoms with Crippen molar-refractivity contribution in [2.45, 2.75) is 71.3 Å². The highest BCUT2D eigenvalue weighted by molar-refractivity contribution is 5.99. The fourth-order valence-corrected chi connectivity index (χ4v) is 8.33. The van der Waals surface area contributed by atoms with Crippen LogP contribution in [0.1, 0.15) is 71.4 Å². The summed E-state index contributed by atoms with van der Waals surface area (Å²) < 4.78 is 37.2. The minimum Gasteiger partial charge on any atom is -0.457 e. The Bertz CT molecular complexity index is 1430. The molecule has 1 heterocycles. The van der Waals surface area contributed by atoms with Gasteiger partial charge in [0.1, 0.15) is 5.75 Å². The molecule has 40 heavy (non-hydrogen) atoms. The number of carbonyl (C=O) groups excluding carboxylic acids is 2. The maximum Gasteiger partial charge on any atom is 0.387 e. The number of aromatic nitrogens is 1. The van der Waals surface area contributed by atoms with Crippen molar-refractivity contribution in [3.8, 4) is 11.4 Å². The first kappa shape index (κ1) is 26.7. The van der Waals surface area contributed by atoms with Crippen molar-refractivity contribution in [1.82, 2.24) is 4.57 Å². The van der Waals surface area contributed by atoms with Gasteiger partial charge in [0.25, 0.3) is 0 Å². The molecule has 2 unspecified atom stereocenters. The average Bonchev–Trinajstić information content (AvgIpc) is 3.20. The highest BCUT2D eigenvalue weighted by atomic mass is 19.3. The van der Waals surface area contributed by atoms with E-state index in [4.69, 9.17) is 4.74 Å². The van der Waals surface area contributed by atoms with Gasteiger partial charge in [-0.1, -0.05) is 29.8 Å². The Labute approximate surface area is 233 Å². The van der Waals surface area contributed by atoms with E-state index in [1.54, 1.807) is 18.2 Å². The van der Waals surface area contributed by atoms with Crippen molar-refractivity contribution in [2.75, 3.05) is 6.61 Å². The molecule has 4 aliphatic rings. The first-order valence-electron chi connectivity index (χ1n) is 14.1. The fraction of sp³-hybridized carbons (Fsp3) is 0.455. The smallest absolute Gasteiger partial charge is 0.387 e. The number of esters is 1. The molecule has 0 amide bonds. The molecule has 0 saturated heterocycles. The van der Waals surface area contributed by atoms with Crippen LogP contribution in [-0.4, -0.2) is 29.5 Å². The van der Waals surface area contributed by atoms with Gasteiger partial charge in [0.2, 0.25) is 5.78 Å². The molecule has 0 radical (unpaired) electrons. The number of aryl methyl sites for hydroxylation is 2. The molecule has 4 fully saturated rings. The van der Waals surface area contributed by atoms with Gasteiger partial charge in [-0.2, -0.15) is 8.78 Å². The van der Waals surface area contributed by atoms with Gasteiger partial charge in [-0.05, 0) is 112 Å². The second kappa shape index (κ2) is 9.86. The Kier molecular flexibility index (Phi) is 6.59. The van der Waals surface area contributed by atoms with E-state index in [9.17, 15) is 18.4 Å². The Morgan fingerprint density at radius 3 is 2.23 bits per heavy atom. The lowest BCUT2D eigenvalue weighted by atomic mass is 9.43. The average molecular weight is 548 g/mol. The monoisotopic (exact) mass is 547 g/mol. The van der Waals surface area contributed by atoms with Crippen LogP contribution < -0.4 is 4.74 Å². The largest absolute Gasteiger partial charge is 0.457 e. The lowest BCUT2D eigenvalue weighted by Crippen LogP contribution is -2.57. The van der Waals surface area contributed by atoms with Crippen molar-refractivity contribution < 1.29 is 27.8 Å². The van der Waals surface area contributed by atoms with Crippen molar-refractivity contribution in [3.63, 3.8) is 0 Å². The summed E-state index contributed by atoms with van der Waals surface area (Å²) in [6.07, 6.45) is 5.93. The molecule has 4 saturated carbocycles. The zero-order valence-corrected chi connectivity index (χ0v) is 23.2. The number of hydrogen-bond donors (Lipinski definition) is 0. The number of Topliss-reactive ketones (excluding diaryl/α,β-unsaturated/α-hetero) is 1. The van der Waals surface area contributed by atoms with Crippen molar-refractivity contribution in [2.24, 2.45) is 17.3 Å². The lowest BCUT2D eigenvalue weighted by molar-refractivity contribution is -0.172. The minimum atomic E-state index is -2.89. The molecular weight excluding hydrogens is 512 g/mol. The van der Waals surface area contributed by atoms with Crippen LogP contribution in [0.25, 0.3) is 5.69 Å². The number of rotatable bonds is 8. The molecule has 0 aliphatic heterocycles. The van der Waals surface area contributed by atoms with Crippen molar-refractivity contribution >= 4 is 11.8 Å². The van der Waals surface area contributed by atoms with E-state index in [1.807, 2.05) is 18.4 Å². The Hall–Kier alpha value is -3.48. The molecule has 3 aromatic rings. The number of ether oxygens (including phenoxy) is 2. The number of benzene rings is 2. The summed E-state index contributed by atoms with van der Waals surface area (Å²) in [6, 6.07) is 16.9. The lowest BCUT2D eigenvalue weighted by Gasteiger charge is -2.61. The summed E-state index contributed by atoms with van der Waals surface area (Å²) in [4.78, 5) is 27.0. The summed E-state index contributed by atoms with van der Waals surface area (Å²) in [5.74, 6) is 0.626. The van der Waals surface area contributed by atoms with E-state index in [0.717, 1.165) is 43.5 Å². The summed E-state index contributed by atoms with van der Waals surface area (Å²) in [7, 11) is 0. The maximum absolute atomic E-state index is 13.7. The zero-order chi connectivity index (χ0) is 28.2. The first-order chi connectivity index (χ1) is 19.1. The molecule has 7 rings (SSSR count). The second-order valence-corrected chi connectivity index (χ2v) is 12.4. The van der Waals surface area contributed by atoms with E-state index in [-0.39, 0.29) is 29.5 Å². The molecule has 0 spiro atoms. The quantitative estimate of drug-likeness (QED) is 0.220. The Morgan fingerprint density at radius 1 is 0.950 bits per heavy atom. The van der Waals surface area contributed by atoms with Crippen LogP contribution in [0.3, 0.4) is 0 Å². The van der Waals surface area contributed by atoms with Crippen LogP contribution >= 0.6 is 0 Å². The van der Waals surface area contributed by atoms with E-state index in [0.29, 0.717) is 23.1 Å². The van der Waals surface area contributed by atoms with Crippen LogP contribution in [0.2, 0.25) is 0 Å². The highest BCUT2D eigenvalue weighted by Gasteiger charge is 2.61. The van der Waals surface area contributed by atoms with Crippen LogP contribution in [0.15, 0.2) is 54.6 Å². The molecule has 4 bridgehead atoms. The van der Waals surface area contributed by atoms with Crippen LogP contribution in [0.4, 0.5) is 8.78 Å². The van der Waals surface area contributed by atoms with Crippen molar-refractivity contribution in [3.05, 3.63) is 82.7 Å². The van der Waals surface area contributed by atoms with E-state index >= 15 is 0 Å². The van der Waals surface area contributed by atoms with Gasteiger partial charge >= 0.3 is 12.6 Å². The van der Waals surface area contributed by atoms with Crippen molar-refractivity contribution in [1.29, 1.82) is 0 Å². The van der Waals surface area contributed by atoms with Crippen LogP contribution in [0.5, 0.6) is 5.75 Å². The predicted octanol–water partition coefficient (Wildman–Crippen LogP) is 7.27. The molecule has 2 atom stereocenters. The fourth-order valence-electron chi connectivity index (χ4n) is 8.33. The Morgan fingerprint density at radius 2 is 1.60 bits per heavy atom. The molecule has 1 aromatic heterocycles. The first-order valence-corrected chi connectivity index (χ1v) is 14.1. The standard InChI is InChI=1S/C33H35F2NO4/c1-20-4-6-25(7-5-20)32-14-23-13-24(15-32)17-33(16-23,19-32)30(38)39-18-29(37)28-12-21(2)36(22(28)3)26-8-10-27(11-9-26)40-31(34)35/h4-12,23-24,31H,13-19H2,1-3H3. The number of ketones is 1. The van der Waals surface area contributed by atoms with Gasteiger partial charge in [-0.3, -0.25) is 9.59 Å². The summed E-state index contributed by atoms with van der Waals surface area (Å²) >= 11 is 0. The molecule has 210 valence electrons. The zero-order valence-electron chi connectivity index (χ0n) is 23.2. The summed E-state index contributed by atoms with van der Waals surface area (Å²) in [5, 5.41) is 0. The van der Waals surface area contributed by atoms with Crippen LogP contribution in [-0.2, 0) is 14.9 Å². The second-order valence-electron chi connectivity index (χ2n) is 12.4.